The summed E-state index contributed by atoms with van der Waals surface area (Å²) in [5.41, 5.74) is 7.03. The van der Waals surface area contributed by atoms with E-state index in [1.165, 1.54) is 24.3 Å². The molecule has 0 aromatic heterocycles. The average molecular weight is 288 g/mol. The van der Waals surface area contributed by atoms with Crippen LogP contribution in [0.25, 0.3) is 0 Å². The molecule has 0 saturated heterocycles. The van der Waals surface area contributed by atoms with Crippen LogP contribution in [0.15, 0.2) is 48.5 Å². The molecule has 1 amide bonds. The summed E-state index contributed by atoms with van der Waals surface area (Å²) in [4.78, 5) is 11.8. The molecule has 0 aliphatic carbocycles. The molecule has 0 atom stereocenters. The number of benzene rings is 2. The number of hydrogen-bond donors (Lipinski definition) is 2. The minimum absolute atomic E-state index is 0.112. The molecule has 0 heterocycles. The van der Waals surface area contributed by atoms with E-state index in [0.29, 0.717) is 24.4 Å². The second-order valence-corrected chi connectivity index (χ2v) is 4.49. The van der Waals surface area contributed by atoms with Crippen LogP contribution in [-0.2, 0) is 11.2 Å². The Balaban J connectivity index is 1.90. The van der Waals surface area contributed by atoms with Gasteiger partial charge in [0.15, 0.2) is 6.61 Å². The van der Waals surface area contributed by atoms with E-state index in [-0.39, 0.29) is 18.3 Å². The molecule has 5 heteroatoms. The van der Waals surface area contributed by atoms with Gasteiger partial charge in [-0.3, -0.25) is 4.79 Å². The van der Waals surface area contributed by atoms with Crippen LogP contribution in [0.5, 0.6) is 5.75 Å². The first kappa shape index (κ1) is 15.0. The highest BCUT2D eigenvalue weighted by Gasteiger charge is 2.06. The number of carbonyl (C=O) groups excluding carboxylic acids is 1. The lowest BCUT2D eigenvalue weighted by atomic mass is 10.1. The Labute approximate surface area is 122 Å². The van der Waals surface area contributed by atoms with Crippen LogP contribution in [0.2, 0.25) is 0 Å². The molecule has 3 N–H and O–H groups in total. The maximum Gasteiger partial charge on any atom is 0.262 e. The van der Waals surface area contributed by atoms with Gasteiger partial charge in [-0.25, -0.2) is 4.39 Å². The highest BCUT2D eigenvalue weighted by molar-refractivity contribution is 5.91. The third kappa shape index (κ3) is 4.57. The van der Waals surface area contributed by atoms with Crippen LogP contribution < -0.4 is 15.8 Å². The highest BCUT2D eigenvalue weighted by Crippen LogP contribution is 2.18. The minimum atomic E-state index is -0.347. The highest BCUT2D eigenvalue weighted by atomic mass is 19.1. The summed E-state index contributed by atoms with van der Waals surface area (Å²) < 4.78 is 18.3. The van der Waals surface area contributed by atoms with E-state index in [0.717, 1.165) is 5.56 Å². The molecule has 0 spiro atoms. The van der Waals surface area contributed by atoms with Crippen molar-refractivity contribution < 1.29 is 13.9 Å². The zero-order valence-electron chi connectivity index (χ0n) is 11.5. The lowest BCUT2D eigenvalue weighted by molar-refractivity contribution is -0.118. The fourth-order valence-electron chi connectivity index (χ4n) is 1.88. The van der Waals surface area contributed by atoms with Gasteiger partial charge in [0.25, 0.3) is 5.91 Å². The van der Waals surface area contributed by atoms with E-state index in [9.17, 15) is 9.18 Å². The minimum Gasteiger partial charge on any atom is -0.483 e. The van der Waals surface area contributed by atoms with E-state index in [4.69, 9.17) is 10.5 Å². The molecule has 0 bridgehead atoms. The summed E-state index contributed by atoms with van der Waals surface area (Å²) in [5, 5.41) is 2.64. The third-order valence-electron chi connectivity index (χ3n) is 2.87. The van der Waals surface area contributed by atoms with Gasteiger partial charge in [-0.2, -0.15) is 0 Å². The lowest BCUT2D eigenvalue weighted by Gasteiger charge is -2.11. The standard InChI is InChI=1S/C16H17FN2O2/c17-13-5-7-14(8-6-13)19-16(20)11-21-15-4-2-1-3-12(15)9-10-18/h1-8H,9-11,18H2,(H,19,20). The summed E-state index contributed by atoms with van der Waals surface area (Å²) in [5.74, 6) is 0.00123. The largest absolute Gasteiger partial charge is 0.483 e. The molecule has 21 heavy (non-hydrogen) atoms. The average Bonchev–Trinajstić information content (AvgIpc) is 2.49. The van der Waals surface area contributed by atoms with E-state index >= 15 is 0 Å². The first-order valence-corrected chi connectivity index (χ1v) is 6.65. The van der Waals surface area contributed by atoms with Gasteiger partial charge in [0.1, 0.15) is 11.6 Å². The van der Waals surface area contributed by atoms with Gasteiger partial charge in [0.05, 0.1) is 0 Å². The number of nitrogens with two attached hydrogens (primary N) is 1. The first-order valence-electron chi connectivity index (χ1n) is 6.65. The number of rotatable bonds is 6. The maximum absolute atomic E-state index is 12.8. The first-order chi connectivity index (χ1) is 10.2. The SMILES string of the molecule is NCCc1ccccc1OCC(=O)Nc1ccc(F)cc1. The Bertz CT molecular complexity index is 599. The summed E-state index contributed by atoms with van der Waals surface area (Å²) in [6.45, 7) is 0.404. The number of anilines is 1. The van der Waals surface area contributed by atoms with Gasteiger partial charge >= 0.3 is 0 Å². The van der Waals surface area contributed by atoms with Gasteiger partial charge < -0.3 is 15.8 Å². The maximum atomic E-state index is 12.8. The van der Waals surface area contributed by atoms with Gasteiger partial charge in [0, 0.05) is 5.69 Å². The smallest absolute Gasteiger partial charge is 0.262 e. The van der Waals surface area contributed by atoms with E-state index in [1.54, 1.807) is 6.07 Å². The summed E-state index contributed by atoms with van der Waals surface area (Å²) in [6, 6.07) is 13.0. The monoisotopic (exact) mass is 288 g/mol. The molecule has 4 nitrogen and oxygen atoms in total. The quantitative estimate of drug-likeness (QED) is 0.857. The Morgan fingerprint density at radius 3 is 2.57 bits per heavy atom. The second kappa shape index (κ2) is 7.40. The molecule has 2 aromatic carbocycles. The molecule has 0 fully saturated rings. The molecular formula is C16H17FN2O2. The lowest BCUT2D eigenvalue weighted by Crippen LogP contribution is -2.20. The summed E-state index contributed by atoms with van der Waals surface area (Å²) >= 11 is 0. The van der Waals surface area contributed by atoms with Crippen molar-refractivity contribution in [3.8, 4) is 5.75 Å². The molecule has 2 rings (SSSR count). The molecular weight excluding hydrogens is 271 g/mol. The van der Waals surface area contributed by atoms with Crippen molar-refractivity contribution in [1.29, 1.82) is 0 Å². The third-order valence-corrected chi connectivity index (χ3v) is 2.87. The van der Waals surface area contributed by atoms with E-state index < -0.39 is 0 Å². The van der Waals surface area contributed by atoms with Crippen LogP contribution in [0, 0.1) is 5.82 Å². The van der Waals surface area contributed by atoms with Crippen LogP contribution in [0.3, 0.4) is 0 Å². The molecule has 0 aliphatic heterocycles. The van der Waals surface area contributed by atoms with Crippen molar-refractivity contribution >= 4 is 11.6 Å². The molecule has 110 valence electrons. The van der Waals surface area contributed by atoms with Crippen molar-refractivity contribution in [2.24, 2.45) is 5.73 Å². The molecule has 0 radical (unpaired) electrons. The molecule has 0 unspecified atom stereocenters. The van der Waals surface area contributed by atoms with Crippen molar-refractivity contribution in [2.75, 3.05) is 18.5 Å². The Morgan fingerprint density at radius 1 is 1.14 bits per heavy atom. The molecule has 0 saturated carbocycles. The van der Waals surface area contributed by atoms with Crippen molar-refractivity contribution in [3.63, 3.8) is 0 Å². The number of halogens is 1. The summed E-state index contributed by atoms with van der Waals surface area (Å²) in [7, 11) is 0. The zero-order chi connectivity index (χ0) is 15.1. The predicted octanol–water partition coefficient (Wildman–Crippen LogP) is 2.34. The van der Waals surface area contributed by atoms with E-state index in [1.807, 2.05) is 18.2 Å². The molecule has 2 aromatic rings. The molecule has 0 aliphatic rings. The van der Waals surface area contributed by atoms with Crippen LogP contribution >= 0.6 is 0 Å². The van der Waals surface area contributed by atoms with Crippen molar-refractivity contribution in [1.82, 2.24) is 0 Å². The van der Waals surface area contributed by atoms with Gasteiger partial charge in [0.2, 0.25) is 0 Å². The number of para-hydroxylation sites is 1. The van der Waals surface area contributed by atoms with Gasteiger partial charge in [-0.1, -0.05) is 18.2 Å². The Morgan fingerprint density at radius 2 is 1.86 bits per heavy atom. The van der Waals surface area contributed by atoms with E-state index in [2.05, 4.69) is 5.32 Å². The van der Waals surface area contributed by atoms with Gasteiger partial charge in [-0.15, -0.1) is 0 Å². The fourth-order valence-corrected chi connectivity index (χ4v) is 1.88. The zero-order valence-corrected chi connectivity index (χ0v) is 11.5. The normalized spacial score (nSPS) is 10.2. The number of ether oxygens (including phenoxy) is 1. The number of hydrogen-bond acceptors (Lipinski definition) is 3. The predicted molar refractivity (Wildman–Crippen MR) is 79.7 cm³/mol. The Kier molecular flexibility index (Phi) is 5.29. The Hall–Kier alpha value is -2.40. The number of carbonyl (C=O) groups is 1. The second-order valence-electron chi connectivity index (χ2n) is 4.49. The summed E-state index contributed by atoms with van der Waals surface area (Å²) in [6.07, 6.45) is 0.690. The van der Waals surface area contributed by atoms with Crippen LogP contribution in [0.1, 0.15) is 5.56 Å². The topological polar surface area (TPSA) is 64.3 Å². The van der Waals surface area contributed by atoms with Crippen molar-refractivity contribution in [2.45, 2.75) is 6.42 Å². The number of amides is 1. The number of nitrogens with one attached hydrogen (secondary N) is 1. The van der Waals surface area contributed by atoms with Crippen LogP contribution in [0.4, 0.5) is 10.1 Å². The fraction of sp³-hybridized carbons (Fsp3) is 0.188. The van der Waals surface area contributed by atoms with Gasteiger partial charge in [-0.05, 0) is 48.9 Å². The van der Waals surface area contributed by atoms with Crippen molar-refractivity contribution in [3.05, 3.63) is 59.9 Å². The van der Waals surface area contributed by atoms with Crippen LogP contribution in [-0.4, -0.2) is 19.1 Å².